The smallest absolute Gasteiger partial charge is 0.256 e. The third-order valence-electron chi connectivity index (χ3n) is 5.08. The van der Waals surface area contributed by atoms with E-state index in [4.69, 9.17) is 0 Å². The Morgan fingerprint density at radius 3 is 2.28 bits per heavy atom. The quantitative estimate of drug-likeness (QED) is 0.711. The van der Waals surface area contributed by atoms with Gasteiger partial charge >= 0.3 is 0 Å². The van der Waals surface area contributed by atoms with E-state index in [1.807, 2.05) is 30.3 Å². The van der Waals surface area contributed by atoms with Crippen molar-refractivity contribution in [2.24, 2.45) is 0 Å². The number of hydrogen-bond donors (Lipinski definition) is 1. The van der Waals surface area contributed by atoms with Crippen LogP contribution in [0.1, 0.15) is 36.0 Å². The Morgan fingerprint density at radius 1 is 0.966 bits per heavy atom. The lowest BCUT2D eigenvalue weighted by atomic mass is 10.2. The second-order valence-corrected chi connectivity index (χ2v) is 8.49. The first-order chi connectivity index (χ1) is 14.0. The first-order valence-electron chi connectivity index (χ1n) is 10.1. The van der Waals surface area contributed by atoms with Crippen LogP contribution < -0.4 is 10.2 Å². The van der Waals surface area contributed by atoms with Crippen LogP contribution in [0.25, 0.3) is 0 Å². The molecule has 0 spiro atoms. The highest BCUT2D eigenvalue weighted by Crippen LogP contribution is 2.25. The van der Waals surface area contributed by atoms with Crippen molar-refractivity contribution >= 4 is 35.0 Å². The van der Waals surface area contributed by atoms with E-state index < -0.39 is 0 Å². The number of carbonyl (C=O) groups excluding carboxylic acids is 2. The van der Waals surface area contributed by atoms with Gasteiger partial charge in [-0.2, -0.15) is 0 Å². The maximum Gasteiger partial charge on any atom is 0.256 e. The molecule has 2 aromatic rings. The van der Waals surface area contributed by atoms with Crippen LogP contribution in [-0.4, -0.2) is 49.7 Å². The van der Waals surface area contributed by atoms with Crippen molar-refractivity contribution in [3.05, 3.63) is 54.1 Å². The summed E-state index contributed by atoms with van der Waals surface area (Å²) < 4.78 is 0. The number of nitrogens with one attached hydrogen (secondary N) is 1. The fourth-order valence-corrected chi connectivity index (χ4v) is 4.36. The van der Waals surface area contributed by atoms with Gasteiger partial charge in [-0.15, -0.1) is 11.8 Å². The normalized spacial score (nSPS) is 14.2. The minimum Gasteiger partial charge on any atom is -0.372 e. The minimum absolute atomic E-state index is 0.0225. The summed E-state index contributed by atoms with van der Waals surface area (Å²) in [5, 5.41) is 2.99. The molecule has 6 heteroatoms. The minimum atomic E-state index is -0.159. The van der Waals surface area contributed by atoms with E-state index in [1.165, 1.54) is 43.1 Å². The number of thioether (sulfide) groups is 1. The molecule has 1 fully saturated rings. The molecule has 0 radical (unpaired) electrons. The molecular formula is C23H29N3O2S. The van der Waals surface area contributed by atoms with E-state index in [-0.39, 0.29) is 11.8 Å². The van der Waals surface area contributed by atoms with Gasteiger partial charge in [-0.05, 0) is 49.2 Å². The number of carbonyl (C=O) groups is 2. The van der Waals surface area contributed by atoms with Gasteiger partial charge in [0.25, 0.3) is 5.91 Å². The topological polar surface area (TPSA) is 52.7 Å². The zero-order valence-corrected chi connectivity index (χ0v) is 18.0. The van der Waals surface area contributed by atoms with Crippen molar-refractivity contribution in [1.82, 2.24) is 4.90 Å². The molecule has 0 unspecified atom stereocenters. The molecule has 5 nitrogen and oxygen atoms in total. The van der Waals surface area contributed by atoms with Gasteiger partial charge in [0, 0.05) is 43.5 Å². The van der Waals surface area contributed by atoms with Crippen LogP contribution in [0.15, 0.2) is 53.4 Å². The fraction of sp³-hybridized carbons (Fsp3) is 0.391. The highest BCUT2D eigenvalue weighted by Gasteiger charge is 2.14. The van der Waals surface area contributed by atoms with Crippen LogP contribution in [0.2, 0.25) is 0 Å². The van der Waals surface area contributed by atoms with Crippen molar-refractivity contribution in [3.8, 4) is 0 Å². The highest BCUT2D eigenvalue weighted by molar-refractivity contribution is 8.00. The van der Waals surface area contributed by atoms with Gasteiger partial charge in [0.2, 0.25) is 5.91 Å². The predicted molar refractivity (Wildman–Crippen MR) is 121 cm³/mol. The number of rotatable bonds is 6. The summed E-state index contributed by atoms with van der Waals surface area (Å²) in [5.74, 6) is 0.171. The molecule has 1 heterocycles. The van der Waals surface area contributed by atoms with Crippen LogP contribution >= 0.6 is 11.8 Å². The molecular weight excluding hydrogens is 382 g/mol. The molecule has 0 aromatic heterocycles. The summed E-state index contributed by atoms with van der Waals surface area (Å²) in [6.07, 6.45) is 5.09. The van der Waals surface area contributed by atoms with Crippen molar-refractivity contribution in [2.45, 2.75) is 30.6 Å². The second-order valence-electron chi connectivity index (χ2n) is 7.48. The van der Waals surface area contributed by atoms with Gasteiger partial charge in [-0.3, -0.25) is 9.59 Å². The summed E-state index contributed by atoms with van der Waals surface area (Å²) in [6, 6.07) is 15.5. The van der Waals surface area contributed by atoms with E-state index in [2.05, 4.69) is 22.3 Å². The second kappa shape index (κ2) is 10.3. The molecule has 0 atom stereocenters. The van der Waals surface area contributed by atoms with E-state index in [1.54, 1.807) is 25.1 Å². The van der Waals surface area contributed by atoms with Gasteiger partial charge in [0.05, 0.1) is 11.3 Å². The van der Waals surface area contributed by atoms with Crippen LogP contribution in [0.5, 0.6) is 0 Å². The highest BCUT2D eigenvalue weighted by atomic mass is 32.2. The number of benzene rings is 2. The van der Waals surface area contributed by atoms with Crippen molar-refractivity contribution < 1.29 is 9.59 Å². The van der Waals surface area contributed by atoms with Crippen molar-refractivity contribution in [2.75, 3.05) is 43.2 Å². The maximum absolute atomic E-state index is 12.8. The molecule has 0 saturated carbocycles. The Hall–Kier alpha value is -2.47. The Balaban J connectivity index is 1.65. The Morgan fingerprint density at radius 2 is 1.62 bits per heavy atom. The Labute approximate surface area is 177 Å². The largest absolute Gasteiger partial charge is 0.372 e. The van der Waals surface area contributed by atoms with Gasteiger partial charge < -0.3 is 15.1 Å². The third-order valence-corrected chi connectivity index (χ3v) is 6.14. The van der Waals surface area contributed by atoms with E-state index in [9.17, 15) is 9.59 Å². The monoisotopic (exact) mass is 411 g/mol. The average molecular weight is 412 g/mol. The van der Waals surface area contributed by atoms with Crippen molar-refractivity contribution in [3.63, 3.8) is 0 Å². The van der Waals surface area contributed by atoms with Gasteiger partial charge in [-0.1, -0.05) is 25.0 Å². The lowest BCUT2D eigenvalue weighted by Gasteiger charge is -2.22. The lowest BCUT2D eigenvalue weighted by molar-refractivity contribution is -0.125. The molecule has 2 amide bonds. The Bertz CT molecular complexity index is 828. The van der Waals surface area contributed by atoms with E-state index in [0.29, 0.717) is 11.3 Å². The zero-order chi connectivity index (χ0) is 20.6. The summed E-state index contributed by atoms with van der Waals surface area (Å²) in [4.78, 5) is 29.5. The SMILES string of the molecule is CN(C)C(=O)CSc1ccccc1C(=O)Nc1ccc(N2CCCCCC2)cc1. The van der Waals surface area contributed by atoms with Crippen molar-refractivity contribution in [1.29, 1.82) is 0 Å². The van der Waals surface area contributed by atoms with Crippen LogP contribution in [0.4, 0.5) is 11.4 Å². The number of hydrogen-bond acceptors (Lipinski definition) is 4. The third kappa shape index (κ3) is 6.00. The maximum atomic E-state index is 12.8. The molecule has 1 saturated heterocycles. The van der Waals surface area contributed by atoms with E-state index in [0.717, 1.165) is 23.7 Å². The summed E-state index contributed by atoms with van der Waals surface area (Å²) in [5.41, 5.74) is 2.57. The first kappa shape index (κ1) is 21.2. The predicted octanol–water partition coefficient (Wildman–Crippen LogP) is 4.50. The Kier molecular flexibility index (Phi) is 7.58. The zero-order valence-electron chi connectivity index (χ0n) is 17.2. The lowest BCUT2D eigenvalue weighted by Crippen LogP contribution is -2.24. The number of nitrogens with zero attached hydrogens (tertiary/aromatic N) is 2. The standard InChI is InChI=1S/C23H29N3O2S/c1-25(2)22(27)17-29-21-10-6-5-9-20(21)23(28)24-18-11-13-19(14-12-18)26-15-7-3-4-8-16-26/h5-6,9-14H,3-4,7-8,15-17H2,1-2H3,(H,24,28). The molecule has 2 aromatic carbocycles. The fourth-order valence-electron chi connectivity index (χ4n) is 3.33. The molecule has 154 valence electrons. The van der Waals surface area contributed by atoms with Gasteiger partial charge in [-0.25, -0.2) is 0 Å². The molecule has 1 aliphatic heterocycles. The van der Waals surface area contributed by atoms with Crippen LogP contribution in [-0.2, 0) is 4.79 Å². The molecule has 0 bridgehead atoms. The molecule has 0 aliphatic carbocycles. The molecule has 1 aliphatic rings. The average Bonchev–Trinajstić information content (AvgIpc) is 3.02. The van der Waals surface area contributed by atoms with Gasteiger partial charge in [0.15, 0.2) is 0 Å². The van der Waals surface area contributed by atoms with Crippen LogP contribution in [0.3, 0.4) is 0 Å². The summed E-state index contributed by atoms with van der Waals surface area (Å²) in [7, 11) is 3.47. The van der Waals surface area contributed by atoms with Crippen LogP contribution in [0, 0.1) is 0 Å². The molecule has 1 N–H and O–H groups in total. The number of anilines is 2. The molecule has 29 heavy (non-hydrogen) atoms. The van der Waals surface area contributed by atoms with E-state index >= 15 is 0 Å². The van der Waals surface area contributed by atoms with Gasteiger partial charge in [0.1, 0.15) is 0 Å². The summed E-state index contributed by atoms with van der Waals surface area (Å²) in [6.45, 7) is 2.20. The summed E-state index contributed by atoms with van der Waals surface area (Å²) >= 11 is 1.39. The first-order valence-corrected chi connectivity index (χ1v) is 11.1. The number of amides is 2. The molecule has 3 rings (SSSR count).